The second-order valence-corrected chi connectivity index (χ2v) is 6.43. The van der Waals surface area contributed by atoms with Crippen LogP contribution in [0.1, 0.15) is 27.2 Å². The van der Waals surface area contributed by atoms with Crippen LogP contribution in [0.2, 0.25) is 5.15 Å². The summed E-state index contributed by atoms with van der Waals surface area (Å²) in [5.41, 5.74) is 5.11. The number of carbonyl (C=O) groups is 3. The molecule has 0 radical (unpaired) electrons. The molecule has 0 aliphatic carbocycles. The molecule has 2 amide bonds. The van der Waals surface area contributed by atoms with Crippen LogP contribution < -0.4 is 16.4 Å². The van der Waals surface area contributed by atoms with Gasteiger partial charge in [0, 0.05) is 0 Å². The van der Waals surface area contributed by atoms with Crippen LogP contribution in [0.5, 0.6) is 0 Å². The van der Waals surface area contributed by atoms with Gasteiger partial charge in [-0.2, -0.15) is 0 Å². The smallest absolute Gasteiger partial charge is 0.408 e. The van der Waals surface area contributed by atoms with Crippen LogP contribution in [0.4, 0.5) is 16.3 Å². The van der Waals surface area contributed by atoms with Gasteiger partial charge in [0.05, 0.1) is 19.2 Å². The fraction of sp³-hybridized carbons (Fsp3) is 0.467. The van der Waals surface area contributed by atoms with Gasteiger partial charge in [0.1, 0.15) is 16.8 Å². The van der Waals surface area contributed by atoms with Gasteiger partial charge in [0.25, 0.3) is 0 Å². The molecule has 138 valence electrons. The number of nitrogens with two attached hydrogens (primary N) is 1. The van der Waals surface area contributed by atoms with Gasteiger partial charge in [-0.25, -0.2) is 9.78 Å². The SMILES string of the molecule is COC(=O)CC(NC(=O)OC(C)(C)C)C(=O)Nc1nc(Cl)ccc1N. The highest BCUT2D eigenvalue weighted by Gasteiger charge is 2.27. The summed E-state index contributed by atoms with van der Waals surface area (Å²) in [5, 5.41) is 4.85. The number of ether oxygens (including phenoxy) is 2. The number of carbonyl (C=O) groups excluding carboxylic acids is 3. The summed E-state index contributed by atoms with van der Waals surface area (Å²) in [6.45, 7) is 5.00. The molecule has 0 bridgehead atoms. The van der Waals surface area contributed by atoms with Crippen LogP contribution in [0, 0.1) is 0 Å². The average molecular weight is 373 g/mol. The van der Waals surface area contributed by atoms with E-state index in [0.717, 1.165) is 0 Å². The number of nitrogen functional groups attached to an aromatic ring is 1. The first-order valence-electron chi connectivity index (χ1n) is 7.31. The third-order valence-electron chi connectivity index (χ3n) is 2.74. The van der Waals surface area contributed by atoms with Crippen molar-refractivity contribution in [1.82, 2.24) is 10.3 Å². The highest BCUT2D eigenvalue weighted by atomic mass is 35.5. The van der Waals surface area contributed by atoms with E-state index in [-0.39, 0.29) is 16.7 Å². The summed E-state index contributed by atoms with van der Waals surface area (Å²) in [6, 6.07) is 1.67. The van der Waals surface area contributed by atoms with Crippen molar-refractivity contribution in [2.75, 3.05) is 18.2 Å². The number of methoxy groups -OCH3 is 1. The number of esters is 1. The Morgan fingerprint density at radius 1 is 1.32 bits per heavy atom. The number of nitrogens with one attached hydrogen (secondary N) is 2. The minimum absolute atomic E-state index is 0.0124. The van der Waals surface area contributed by atoms with Gasteiger partial charge in [0.2, 0.25) is 5.91 Å². The Kier molecular flexibility index (Phi) is 6.98. The summed E-state index contributed by atoms with van der Waals surface area (Å²) >= 11 is 5.76. The minimum Gasteiger partial charge on any atom is -0.469 e. The van der Waals surface area contributed by atoms with Gasteiger partial charge in [-0.05, 0) is 32.9 Å². The monoisotopic (exact) mass is 372 g/mol. The minimum atomic E-state index is -1.25. The molecule has 1 aromatic rings. The summed E-state index contributed by atoms with van der Waals surface area (Å²) in [6.07, 6.45) is -1.26. The summed E-state index contributed by atoms with van der Waals surface area (Å²) in [4.78, 5) is 39.7. The van der Waals surface area contributed by atoms with E-state index < -0.39 is 36.0 Å². The van der Waals surface area contributed by atoms with Gasteiger partial charge in [-0.15, -0.1) is 0 Å². The molecular weight excluding hydrogens is 352 g/mol. The van der Waals surface area contributed by atoms with Gasteiger partial charge in [-0.1, -0.05) is 11.6 Å². The van der Waals surface area contributed by atoms with Crippen molar-refractivity contribution >= 4 is 41.1 Å². The number of nitrogens with zero attached hydrogens (tertiary/aromatic N) is 1. The topological polar surface area (TPSA) is 133 Å². The highest BCUT2D eigenvalue weighted by molar-refractivity contribution is 6.29. The zero-order chi connectivity index (χ0) is 19.2. The van der Waals surface area contributed by atoms with Gasteiger partial charge in [0.15, 0.2) is 5.82 Å². The number of rotatable bonds is 5. The highest BCUT2D eigenvalue weighted by Crippen LogP contribution is 2.19. The van der Waals surface area contributed by atoms with E-state index in [1.165, 1.54) is 19.2 Å². The lowest BCUT2D eigenvalue weighted by molar-refractivity contribution is -0.142. The molecule has 1 heterocycles. The Labute approximate surface area is 150 Å². The third-order valence-corrected chi connectivity index (χ3v) is 2.95. The van der Waals surface area contributed by atoms with Crippen LogP contribution in [0.3, 0.4) is 0 Å². The van der Waals surface area contributed by atoms with Crippen molar-refractivity contribution in [3.05, 3.63) is 17.3 Å². The molecule has 0 aliphatic heterocycles. The van der Waals surface area contributed by atoms with Crippen LogP contribution in [0.15, 0.2) is 12.1 Å². The Balaban J connectivity index is 2.90. The first-order chi connectivity index (χ1) is 11.5. The van der Waals surface area contributed by atoms with Crippen molar-refractivity contribution in [2.45, 2.75) is 38.8 Å². The van der Waals surface area contributed by atoms with E-state index >= 15 is 0 Å². The molecule has 9 nitrogen and oxygen atoms in total. The molecule has 0 spiro atoms. The Hall–Kier alpha value is -2.55. The fourth-order valence-electron chi connectivity index (χ4n) is 1.66. The van der Waals surface area contributed by atoms with E-state index in [1.54, 1.807) is 20.8 Å². The van der Waals surface area contributed by atoms with E-state index in [1.807, 2.05) is 0 Å². The number of alkyl carbamates (subject to hydrolysis) is 1. The first-order valence-corrected chi connectivity index (χ1v) is 7.69. The van der Waals surface area contributed by atoms with Crippen LogP contribution in [0.25, 0.3) is 0 Å². The molecular formula is C15H21ClN4O5. The number of pyridine rings is 1. The van der Waals surface area contributed by atoms with E-state index in [9.17, 15) is 14.4 Å². The Bertz CT molecular complexity index is 660. The number of amides is 2. The summed E-state index contributed by atoms with van der Waals surface area (Å²) < 4.78 is 9.62. The zero-order valence-electron chi connectivity index (χ0n) is 14.4. The largest absolute Gasteiger partial charge is 0.469 e. The Morgan fingerprint density at radius 2 is 1.96 bits per heavy atom. The lowest BCUT2D eigenvalue weighted by Gasteiger charge is -2.23. The number of hydrogen-bond acceptors (Lipinski definition) is 7. The predicted molar refractivity (Wildman–Crippen MR) is 92.1 cm³/mol. The van der Waals surface area contributed by atoms with E-state index in [4.69, 9.17) is 22.1 Å². The van der Waals surface area contributed by atoms with Crippen LogP contribution in [-0.2, 0) is 19.1 Å². The number of halogens is 1. The zero-order valence-corrected chi connectivity index (χ0v) is 15.1. The van der Waals surface area contributed by atoms with Gasteiger partial charge < -0.3 is 25.8 Å². The van der Waals surface area contributed by atoms with Gasteiger partial charge in [-0.3, -0.25) is 9.59 Å². The number of hydrogen-bond donors (Lipinski definition) is 3. The second kappa shape index (κ2) is 8.52. The summed E-state index contributed by atoms with van der Waals surface area (Å²) in [7, 11) is 1.17. The molecule has 1 aromatic heterocycles. The van der Waals surface area contributed by atoms with Crippen molar-refractivity contribution in [3.63, 3.8) is 0 Å². The maximum atomic E-state index is 12.4. The molecule has 0 fully saturated rings. The maximum Gasteiger partial charge on any atom is 0.408 e. The molecule has 0 aliphatic rings. The standard InChI is InChI=1S/C15H21ClN4O5/c1-15(2,3)25-14(23)18-9(7-11(21)24-4)13(22)20-12-8(17)5-6-10(16)19-12/h5-6,9H,7,17H2,1-4H3,(H,18,23)(H,19,20,22). The first kappa shape index (κ1) is 20.5. The van der Waals surface area contributed by atoms with Crippen molar-refractivity contribution < 1.29 is 23.9 Å². The fourth-order valence-corrected chi connectivity index (χ4v) is 1.81. The third kappa shape index (κ3) is 7.25. The summed E-state index contributed by atoms with van der Waals surface area (Å²) in [5.74, 6) is -1.40. The van der Waals surface area contributed by atoms with Crippen LogP contribution >= 0.6 is 11.6 Å². The molecule has 1 unspecified atom stereocenters. The van der Waals surface area contributed by atoms with Crippen LogP contribution in [-0.4, -0.2) is 41.7 Å². The van der Waals surface area contributed by atoms with Crippen molar-refractivity contribution in [2.24, 2.45) is 0 Å². The quantitative estimate of drug-likeness (QED) is 0.529. The Morgan fingerprint density at radius 3 is 2.52 bits per heavy atom. The molecule has 1 atom stereocenters. The van der Waals surface area contributed by atoms with Crippen molar-refractivity contribution in [3.8, 4) is 0 Å². The molecule has 0 aromatic carbocycles. The lowest BCUT2D eigenvalue weighted by atomic mass is 10.2. The van der Waals surface area contributed by atoms with E-state index in [2.05, 4.69) is 20.4 Å². The molecule has 4 N–H and O–H groups in total. The molecule has 10 heteroatoms. The maximum absolute atomic E-state index is 12.4. The molecule has 0 saturated heterocycles. The predicted octanol–water partition coefficient (Wildman–Crippen LogP) is 1.71. The normalized spacial score (nSPS) is 12.0. The molecule has 25 heavy (non-hydrogen) atoms. The molecule has 1 rings (SSSR count). The number of anilines is 2. The van der Waals surface area contributed by atoms with E-state index in [0.29, 0.717) is 0 Å². The second-order valence-electron chi connectivity index (χ2n) is 6.04. The van der Waals surface area contributed by atoms with Gasteiger partial charge >= 0.3 is 12.1 Å². The van der Waals surface area contributed by atoms with Crippen molar-refractivity contribution in [1.29, 1.82) is 0 Å². The number of aromatic nitrogens is 1. The lowest BCUT2D eigenvalue weighted by Crippen LogP contribution is -2.47. The average Bonchev–Trinajstić information content (AvgIpc) is 2.48. The molecule has 0 saturated carbocycles.